The molecule has 30 heavy (non-hydrogen) atoms. The van der Waals surface area contributed by atoms with Crippen LogP contribution in [0.5, 0.6) is 0 Å². The summed E-state index contributed by atoms with van der Waals surface area (Å²) in [6, 6.07) is 4.03. The van der Waals surface area contributed by atoms with Crippen molar-refractivity contribution in [1.82, 2.24) is 0 Å². The second-order valence-electron chi connectivity index (χ2n) is 6.58. The van der Waals surface area contributed by atoms with E-state index in [-0.39, 0.29) is 22.4 Å². The number of nitrogens with one attached hydrogen (secondary N) is 1. The predicted molar refractivity (Wildman–Crippen MR) is 112 cm³/mol. The molecule has 0 aromatic heterocycles. The van der Waals surface area contributed by atoms with Gasteiger partial charge in [0.15, 0.2) is 0 Å². The fraction of sp³-hybridized carbons (Fsp3) is 0.368. The molecule has 2 aliphatic heterocycles. The van der Waals surface area contributed by atoms with E-state index in [2.05, 4.69) is 30.5 Å². The van der Waals surface area contributed by atoms with Crippen LogP contribution in [-0.2, 0) is 19.2 Å². The van der Waals surface area contributed by atoms with Crippen molar-refractivity contribution in [3.05, 3.63) is 34.4 Å². The van der Waals surface area contributed by atoms with Crippen molar-refractivity contribution in [2.75, 3.05) is 6.26 Å². The van der Waals surface area contributed by atoms with Gasteiger partial charge in [-0.3, -0.25) is 5.41 Å². The summed E-state index contributed by atoms with van der Waals surface area (Å²) in [5.41, 5.74) is 1.99. The molecule has 0 saturated heterocycles. The first-order valence-corrected chi connectivity index (χ1v) is 10.4. The van der Waals surface area contributed by atoms with Crippen LogP contribution in [0.4, 0.5) is 11.4 Å². The third-order valence-corrected chi connectivity index (χ3v) is 4.90. The lowest BCUT2D eigenvalue weighted by atomic mass is 10.0. The van der Waals surface area contributed by atoms with Crippen LogP contribution in [0.3, 0.4) is 0 Å². The summed E-state index contributed by atoms with van der Waals surface area (Å²) in [5.74, 6) is -1.13. The quantitative estimate of drug-likeness (QED) is 0.309. The van der Waals surface area contributed by atoms with Gasteiger partial charge in [0, 0.05) is 5.56 Å². The summed E-state index contributed by atoms with van der Waals surface area (Å²) in [6.07, 6.45) is 1.93. The average Bonchev–Trinajstić information content (AvgIpc) is 3.07. The Morgan fingerprint density at radius 1 is 1.37 bits per heavy atom. The molecule has 0 aliphatic carbocycles. The molecule has 0 bridgehead atoms. The number of carbonyl (C=O) groups excluding carboxylic acids is 2. The summed E-state index contributed by atoms with van der Waals surface area (Å²) >= 11 is 1.14. The van der Waals surface area contributed by atoms with E-state index in [1.165, 1.54) is 0 Å². The van der Waals surface area contributed by atoms with Crippen molar-refractivity contribution in [1.29, 1.82) is 5.41 Å². The van der Waals surface area contributed by atoms with Crippen molar-refractivity contribution in [2.45, 2.75) is 39.3 Å². The van der Waals surface area contributed by atoms with Crippen LogP contribution in [0.1, 0.15) is 32.8 Å². The Labute approximate surface area is 177 Å². The molecule has 1 N–H and O–H groups in total. The van der Waals surface area contributed by atoms with E-state index in [9.17, 15) is 9.59 Å². The van der Waals surface area contributed by atoms with Crippen LogP contribution in [0.25, 0.3) is 0 Å². The van der Waals surface area contributed by atoms with Crippen LogP contribution < -0.4 is 0 Å². The highest BCUT2D eigenvalue weighted by molar-refractivity contribution is 8.03. The first-order valence-electron chi connectivity index (χ1n) is 9.18. The number of carbonyl (C=O) groups is 2. The number of esters is 1. The summed E-state index contributed by atoms with van der Waals surface area (Å²) in [5, 5.41) is 28.5. The molecule has 10 nitrogen and oxygen atoms in total. The zero-order chi connectivity index (χ0) is 21.8. The number of hydrogen-bond acceptors (Lipinski definition) is 11. The number of rotatable bonds is 6. The number of thioether (sulfide) groups is 1. The largest absolute Gasteiger partial charge is 0.459 e. The van der Waals surface area contributed by atoms with E-state index < -0.39 is 18.0 Å². The first-order chi connectivity index (χ1) is 14.3. The van der Waals surface area contributed by atoms with E-state index in [1.807, 2.05) is 6.92 Å². The molecule has 1 unspecified atom stereocenters. The third-order valence-electron chi connectivity index (χ3n) is 4.13. The van der Waals surface area contributed by atoms with Crippen LogP contribution in [0, 0.1) is 5.41 Å². The number of fused-ring (bicyclic) bond motifs is 1. The highest BCUT2D eigenvalue weighted by atomic mass is 32.2. The molecule has 0 spiro atoms. The Kier molecular flexibility index (Phi) is 6.50. The van der Waals surface area contributed by atoms with Gasteiger partial charge in [0.25, 0.3) is 0 Å². The second-order valence-corrected chi connectivity index (χ2v) is 7.39. The van der Waals surface area contributed by atoms with Gasteiger partial charge in [0.2, 0.25) is 6.04 Å². The lowest BCUT2D eigenvalue weighted by Crippen LogP contribution is -2.21. The molecule has 11 heteroatoms. The van der Waals surface area contributed by atoms with Crippen molar-refractivity contribution < 1.29 is 19.2 Å². The summed E-state index contributed by atoms with van der Waals surface area (Å²) in [6.45, 7) is 5.33. The number of nitrogens with zero attached hydrogens (tertiary/aromatic N) is 5. The molecule has 1 atom stereocenters. The topological polar surface area (TPSA) is 138 Å². The Balaban J connectivity index is 1.91. The molecule has 2 heterocycles. The summed E-state index contributed by atoms with van der Waals surface area (Å²) in [4.78, 5) is 28.9. The predicted octanol–water partition coefficient (Wildman–Crippen LogP) is 4.45. The van der Waals surface area contributed by atoms with Gasteiger partial charge in [-0.2, -0.15) is 10.2 Å². The van der Waals surface area contributed by atoms with Crippen LogP contribution in [-0.4, -0.2) is 41.8 Å². The lowest BCUT2D eigenvalue weighted by Gasteiger charge is -2.16. The van der Waals surface area contributed by atoms with Crippen molar-refractivity contribution in [3.63, 3.8) is 0 Å². The fourth-order valence-corrected chi connectivity index (χ4v) is 3.24. The summed E-state index contributed by atoms with van der Waals surface area (Å²) in [7, 11) is 0. The molecule has 1 aromatic carbocycles. The van der Waals surface area contributed by atoms with E-state index in [1.54, 1.807) is 38.3 Å². The lowest BCUT2D eigenvalue weighted by molar-refractivity contribution is -0.142. The minimum atomic E-state index is -0.866. The number of oxime groups is 1. The third kappa shape index (κ3) is 4.35. The molecule has 0 saturated carbocycles. The summed E-state index contributed by atoms with van der Waals surface area (Å²) < 4.78 is 5.24. The molecule has 0 radical (unpaired) electrons. The van der Waals surface area contributed by atoms with Crippen molar-refractivity contribution in [2.24, 2.45) is 25.6 Å². The maximum atomic E-state index is 12.4. The van der Waals surface area contributed by atoms with Gasteiger partial charge in [-0.1, -0.05) is 12.1 Å². The normalized spacial score (nSPS) is 19.8. The smallest absolute Gasteiger partial charge is 0.367 e. The molecular formula is C19H20N6O4S. The van der Waals surface area contributed by atoms with Gasteiger partial charge in [0.05, 0.1) is 28.9 Å². The molecular weight excluding hydrogens is 408 g/mol. The first kappa shape index (κ1) is 21.5. The van der Waals surface area contributed by atoms with Crippen LogP contribution in [0.2, 0.25) is 0 Å². The standard InChI is InChI=1S/C19H20N6O4S/c1-5-12-15(18(26)29-25-12)23-21-10-6-7-13-11(8-10)14(20)16(24-22-13)17(30-4)19(27)28-9(2)3/h6-9,15,20H,5H2,1-4H3/b17-16+,20-14?,23-21+. The molecule has 3 rings (SSSR count). The van der Waals surface area contributed by atoms with E-state index in [4.69, 9.17) is 10.1 Å². The maximum Gasteiger partial charge on any atom is 0.367 e. The van der Waals surface area contributed by atoms with Gasteiger partial charge in [-0.25, -0.2) is 9.59 Å². The molecule has 2 aliphatic rings. The van der Waals surface area contributed by atoms with Crippen LogP contribution in [0.15, 0.2) is 54.4 Å². The minimum Gasteiger partial charge on any atom is -0.459 e. The SMILES string of the molecule is CCC1=NOC(=O)C1/N=N/c1ccc2c(c1)C(=N)/C(=C(\SC)C(=O)OC(C)C)N=N2. The Hall–Kier alpha value is -3.21. The highest BCUT2D eigenvalue weighted by Crippen LogP contribution is 2.35. The maximum absolute atomic E-state index is 12.4. The molecule has 0 fully saturated rings. The van der Waals surface area contributed by atoms with Gasteiger partial charge in [-0.15, -0.1) is 22.0 Å². The van der Waals surface area contributed by atoms with E-state index in [0.717, 1.165) is 11.8 Å². The Morgan fingerprint density at radius 3 is 2.80 bits per heavy atom. The number of ether oxygens (including phenoxy) is 1. The number of azo groups is 2. The van der Waals surface area contributed by atoms with Gasteiger partial charge in [-0.05, 0) is 44.7 Å². The van der Waals surface area contributed by atoms with Gasteiger partial charge in [0.1, 0.15) is 10.6 Å². The van der Waals surface area contributed by atoms with Gasteiger partial charge >= 0.3 is 11.9 Å². The van der Waals surface area contributed by atoms with Crippen molar-refractivity contribution in [3.8, 4) is 0 Å². The van der Waals surface area contributed by atoms with Gasteiger partial charge < -0.3 is 9.57 Å². The number of benzene rings is 1. The van der Waals surface area contributed by atoms with E-state index >= 15 is 0 Å². The number of allylic oxidation sites excluding steroid dienone is 1. The number of hydrogen-bond donors (Lipinski definition) is 1. The zero-order valence-electron chi connectivity index (χ0n) is 16.9. The molecule has 1 aromatic rings. The Morgan fingerprint density at radius 2 is 2.13 bits per heavy atom. The van der Waals surface area contributed by atoms with Crippen LogP contribution >= 0.6 is 11.8 Å². The highest BCUT2D eigenvalue weighted by Gasteiger charge is 2.32. The average molecular weight is 428 g/mol. The zero-order valence-corrected chi connectivity index (χ0v) is 17.7. The fourth-order valence-electron chi connectivity index (χ4n) is 2.69. The van der Waals surface area contributed by atoms with E-state index in [0.29, 0.717) is 29.1 Å². The Bertz CT molecular complexity index is 1030. The molecule has 0 amide bonds. The monoisotopic (exact) mass is 428 g/mol. The second kappa shape index (κ2) is 9.08. The van der Waals surface area contributed by atoms with Crippen molar-refractivity contribution >= 4 is 46.5 Å². The minimum absolute atomic E-state index is 0.0261. The molecule has 156 valence electrons.